The van der Waals surface area contributed by atoms with Gasteiger partial charge in [-0.1, -0.05) is 23.7 Å². The van der Waals surface area contributed by atoms with E-state index in [-0.39, 0.29) is 6.10 Å². The number of aliphatic hydroxyl groups excluding tert-OH is 1. The Balaban J connectivity index is 1.45. The Morgan fingerprint density at radius 2 is 1.87 bits per heavy atom. The minimum absolute atomic E-state index is 0.240. The minimum Gasteiger partial charge on any atom is -0.389 e. The molecule has 0 bridgehead atoms. The lowest BCUT2D eigenvalue weighted by Crippen LogP contribution is -2.37. The maximum Gasteiger partial charge on any atom is 0.0900 e. The Kier molecular flexibility index (Phi) is 6.31. The van der Waals surface area contributed by atoms with Gasteiger partial charge in [0.25, 0.3) is 0 Å². The average Bonchev–Trinajstić information content (AvgIpc) is 3.40. The van der Waals surface area contributed by atoms with Crippen LogP contribution in [0.4, 0.5) is 0 Å². The van der Waals surface area contributed by atoms with Crippen molar-refractivity contribution in [2.24, 2.45) is 0 Å². The molecule has 1 aromatic carbocycles. The normalized spacial score (nSPS) is 20.8. The number of hydrogen-bond donors (Lipinski definition) is 1. The highest BCUT2D eigenvalue weighted by Gasteiger charge is 2.30. The van der Waals surface area contributed by atoms with Gasteiger partial charge in [0.2, 0.25) is 0 Å². The summed E-state index contributed by atoms with van der Waals surface area (Å²) in [5, 5.41) is 11.1. The van der Waals surface area contributed by atoms with Crippen LogP contribution < -0.4 is 0 Å². The largest absolute Gasteiger partial charge is 0.389 e. The molecule has 1 N–H and O–H groups in total. The predicted molar refractivity (Wildman–Crippen MR) is 90.7 cm³/mol. The fourth-order valence-corrected chi connectivity index (χ4v) is 3.15. The van der Waals surface area contributed by atoms with Crippen molar-refractivity contribution in [2.45, 2.75) is 50.5 Å². The van der Waals surface area contributed by atoms with Crippen LogP contribution in [-0.2, 0) is 16.0 Å². The smallest absolute Gasteiger partial charge is 0.0900 e. The molecule has 1 saturated carbocycles. The van der Waals surface area contributed by atoms with Crippen LogP contribution in [0, 0.1) is 0 Å². The van der Waals surface area contributed by atoms with E-state index in [2.05, 4.69) is 17.0 Å². The van der Waals surface area contributed by atoms with Crippen molar-refractivity contribution < 1.29 is 14.6 Å². The second kappa shape index (κ2) is 8.45. The molecule has 0 aromatic heterocycles. The van der Waals surface area contributed by atoms with E-state index in [4.69, 9.17) is 21.1 Å². The number of hydrogen-bond acceptors (Lipinski definition) is 4. The fourth-order valence-electron chi connectivity index (χ4n) is 3.02. The van der Waals surface area contributed by atoms with Gasteiger partial charge in [-0.25, -0.2) is 0 Å². The van der Waals surface area contributed by atoms with Crippen LogP contribution in [0.25, 0.3) is 0 Å². The Morgan fingerprint density at radius 1 is 1.17 bits per heavy atom. The predicted octanol–water partition coefficient (Wildman–Crippen LogP) is 2.86. The van der Waals surface area contributed by atoms with E-state index in [0.717, 1.165) is 37.6 Å². The molecular formula is C18H26ClNO3. The highest BCUT2D eigenvalue weighted by atomic mass is 35.5. The van der Waals surface area contributed by atoms with Crippen molar-refractivity contribution in [1.82, 2.24) is 4.90 Å². The number of halogens is 1. The number of nitrogens with zero attached hydrogens (tertiary/aromatic N) is 1. The summed E-state index contributed by atoms with van der Waals surface area (Å²) in [4.78, 5) is 2.36. The minimum atomic E-state index is -0.439. The molecule has 1 atom stereocenters. The third kappa shape index (κ3) is 5.73. The molecule has 1 unspecified atom stereocenters. The summed E-state index contributed by atoms with van der Waals surface area (Å²) in [6.07, 6.45) is 4.12. The van der Waals surface area contributed by atoms with Crippen molar-refractivity contribution in [1.29, 1.82) is 0 Å². The third-order valence-corrected chi connectivity index (χ3v) is 4.75. The van der Waals surface area contributed by atoms with E-state index >= 15 is 0 Å². The Labute approximate surface area is 143 Å². The van der Waals surface area contributed by atoms with Crippen LogP contribution in [-0.4, -0.2) is 54.6 Å². The van der Waals surface area contributed by atoms with Crippen LogP contribution in [0.1, 0.15) is 31.2 Å². The van der Waals surface area contributed by atoms with Crippen LogP contribution in [0.2, 0.25) is 5.02 Å². The van der Waals surface area contributed by atoms with Crippen molar-refractivity contribution in [3.8, 4) is 0 Å². The first-order chi connectivity index (χ1) is 11.2. The number of ether oxygens (including phenoxy) is 2. The van der Waals surface area contributed by atoms with Crippen LogP contribution in [0.3, 0.4) is 0 Å². The molecule has 1 saturated heterocycles. The molecule has 1 aromatic rings. The molecule has 2 aliphatic rings. The summed E-state index contributed by atoms with van der Waals surface area (Å²) in [5.41, 5.74) is 1.24. The first kappa shape index (κ1) is 17.2. The van der Waals surface area contributed by atoms with E-state index in [9.17, 15) is 5.11 Å². The monoisotopic (exact) mass is 339 g/mol. The second-order valence-electron chi connectivity index (χ2n) is 6.59. The zero-order valence-electron chi connectivity index (χ0n) is 13.5. The summed E-state index contributed by atoms with van der Waals surface area (Å²) in [7, 11) is 0. The first-order valence-electron chi connectivity index (χ1n) is 8.56. The maximum atomic E-state index is 10.3. The summed E-state index contributed by atoms with van der Waals surface area (Å²) < 4.78 is 11.2. The van der Waals surface area contributed by atoms with Gasteiger partial charge >= 0.3 is 0 Å². The molecule has 0 spiro atoms. The zero-order valence-corrected chi connectivity index (χ0v) is 14.3. The van der Waals surface area contributed by atoms with Gasteiger partial charge in [-0.3, -0.25) is 4.90 Å². The molecule has 0 radical (unpaired) electrons. The van der Waals surface area contributed by atoms with E-state index in [0.29, 0.717) is 19.2 Å². The van der Waals surface area contributed by atoms with Gasteiger partial charge in [0, 0.05) is 37.4 Å². The maximum absolute atomic E-state index is 10.3. The molecule has 1 heterocycles. The van der Waals surface area contributed by atoms with Crippen molar-refractivity contribution in [3.63, 3.8) is 0 Å². The Hall–Kier alpha value is -0.650. The Morgan fingerprint density at radius 3 is 2.52 bits per heavy atom. The van der Waals surface area contributed by atoms with E-state index < -0.39 is 6.10 Å². The summed E-state index contributed by atoms with van der Waals surface area (Å²) in [6, 6.07) is 8.56. The van der Waals surface area contributed by atoms with Crippen molar-refractivity contribution in [2.75, 3.05) is 26.4 Å². The lowest BCUT2D eigenvalue weighted by atomic mass is 10.1. The number of benzene rings is 1. The quantitative estimate of drug-likeness (QED) is 0.790. The lowest BCUT2D eigenvalue weighted by molar-refractivity contribution is -0.0649. The SMILES string of the molecule is OC(COC1CCOCC1)CN(Cc1ccc(Cl)cc1)C1CC1. The molecule has 4 nitrogen and oxygen atoms in total. The molecule has 128 valence electrons. The molecule has 23 heavy (non-hydrogen) atoms. The summed E-state index contributed by atoms with van der Waals surface area (Å²) in [6.45, 7) is 3.47. The van der Waals surface area contributed by atoms with Gasteiger partial charge in [-0.05, 0) is 43.4 Å². The second-order valence-corrected chi connectivity index (χ2v) is 7.02. The molecule has 5 heteroatoms. The Bertz CT molecular complexity index is 472. The standard InChI is InChI=1S/C18H26ClNO3/c19-15-3-1-14(2-4-15)11-20(16-5-6-16)12-17(21)13-23-18-7-9-22-10-8-18/h1-4,16-18,21H,5-13H2. The topological polar surface area (TPSA) is 41.9 Å². The molecular weight excluding hydrogens is 314 g/mol. The van der Waals surface area contributed by atoms with E-state index in [1.807, 2.05) is 12.1 Å². The average molecular weight is 340 g/mol. The van der Waals surface area contributed by atoms with E-state index in [1.165, 1.54) is 18.4 Å². The summed E-state index contributed by atoms with van der Waals surface area (Å²) in [5.74, 6) is 0. The highest BCUT2D eigenvalue weighted by molar-refractivity contribution is 6.30. The van der Waals surface area contributed by atoms with Crippen molar-refractivity contribution in [3.05, 3.63) is 34.9 Å². The molecule has 1 aliphatic heterocycles. The van der Waals surface area contributed by atoms with Crippen LogP contribution in [0.5, 0.6) is 0 Å². The van der Waals surface area contributed by atoms with Gasteiger partial charge in [-0.2, -0.15) is 0 Å². The molecule has 2 fully saturated rings. The third-order valence-electron chi connectivity index (χ3n) is 4.50. The van der Waals surface area contributed by atoms with Crippen LogP contribution in [0.15, 0.2) is 24.3 Å². The first-order valence-corrected chi connectivity index (χ1v) is 8.94. The summed E-state index contributed by atoms with van der Waals surface area (Å²) >= 11 is 5.94. The van der Waals surface area contributed by atoms with Gasteiger partial charge < -0.3 is 14.6 Å². The fraction of sp³-hybridized carbons (Fsp3) is 0.667. The molecule has 0 amide bonds. The number of aliphatic hydroxyl groups is 1. The van der Waals surface area contributed by atoms with Gasteiger partial charge in [0.1, 0.15) is 0 Å². The van der Waals surface area contributed by atoms with E-state index in [1.54, 1.807) is 0 Å². The van der Waals surface area contributed by atoms with Gasteiger partial charge in [0.15, 0.2) is 0 Å². The number of rotatable bonds is 8. The highest BCUT2D eigenvalue weighted by Crippen LogP contribution is 2.28. The molecule has 1 aliphatic carbocycles. The van der Waals surface area contributed by atoms with Gasteiger partial charge in [-0.15, -0.1) is 0 Å². The lowest BCUT2D eigenvalue weighted by Gasteiger charge is -2.27. The van der Waals surface area contributed by atoms with Gasteiger partial charge in [0.05, 0.1) is 18.8 Å². The van der Waals surface area contributed by atoms with Crippen LogP contribution >= 0.6 is 11.6 Å². The molecule has 3 rings (SSSR count). The van der Waals surface area contributed by atoms with Crippen molar-refractivity contribution >= 4 is 11.6 Å². The zero-order chi connectivity index (χ0) is 16.1.